The molecule has 2 aromatic rings. The van der Waals surface area contributed by atoms with Crippen LogP contribution < -0.4 is 5.73 Å². The summed E-state index contributed by atoms with van der Waals surface area (Å²) < 4.78 is 0. The van der Waals surface area contributed by atoms with Gasteiger partial charge in [0.05, 0.1) is 0 Å². The zero-order valence-electron chi connectivity index (χ0n) is 9.13. The maximum atomic E-state index is 7.46. The number of rotatable bonds is 4. The van der Waals surface area contributed by atoms with Crippen LogP contribution in [-0.2, 0) is 5.75 Å². The van der Waals surface area contributed by atoms with E-state index in [1.165, 1.54) is 0 Å². The molecule has 0 fully saturated rings. The molecule has 0 atom stereocenters. The average Bonchev–Trinajstić information content (AvgIpc) is 2.38. The molecule has 0 aliphatic heterocycles. The van der Waals surface area contributed by atoms with Crippen LogP contribution in [0.15, 0.2) is 47.8 Å². The normalized spacial score (nSPS) is 10.1. The molecule has 0 saturated heterocycles. The predicted molar refractivity (Wildman–Crippen MR) is 69.1 cm³/mol. The fraction of sp³-hybridized carbons (Fsp3) is 0.0833. The second kappa shape index (κ2) is 5.45. The van der Waals surface area contributed by atoms with Crippen molar-refractivity contribution in [3.05, 3.63) is 54.1 Å². The molecule has 2 rings (SSSR count). The lowest BCUT2D eigenvalue weighted by Gasteiger charge is -2.06. The summed E-state index contributed by atoms with van der Waals surface area (Å²) in [6, 6.07) is 7.70. The van der Waals surface area contributed by atoms with Crippen LogP contribution in [0.5, 0.6) is 0 Å². The highest BCUT2D eigenvalue weighted by atomic mass is 32.2. The summed E-state index contributed by atoms with van der Waals surface area (Å²) in [5.74, 6) is 0.753. The van der Waals surface area contributed by atoms with Crippen LogP contribution in [0.2, 0.25) is 0 Å². The predicted octanol–water partition coefficient (Wildman–Crippen LogP) is 2.05. The van der Waals surface area contributed by atoms with Crippen LogP contribution in [0.4, 0.5) is 0 Å². The molecule has 0 unspecified atom stereocenters. The maximum Gasteiger partial charge on any atom is 0.142 e. The van der Waals surface area contributed by atoms with Crippen molar-refractivity contribution >= 4 is 17.6 Å². The van der Waals surface area contributed by atoms with E-state index in [2.05, 4.69) is 9.97 Å². The van der Waals surface area contributed by atoms with E-state index in [4.69, 9.17) is 11.1 Å². The Labute approximate surface area is 104 Å². The van der Waals surface area contributed by atoms with E-state index < -0.39 is 0 Å². The zero-order valence-corrected chi connectivity index (χ0v) is 9.95. The van der Waals surface area contributed by atoms with Crippen LogP contribution >= 0.6 is 11.8 Å². The molecule has 0 aromatic carbocycles. The minimum Gasteiger partial charge on any atom is -0.382 e. The van der Waals surface area contributed by atoms with Gasteiger partial charge in [-0.25, -0.2) is 0 Å². The van der Waals surface area contributed by atoms with Crippen molar-refractivity contribution in [1.29, 1.82) is 5.41 Å². The molecule has 17 heavy (non-hydrogen) atoms. The number of hydrogen-bond donors (Lipinski definition) is 2. The first kappa shape index (κ1) is 11.6. The van der Waals surface area contributed by atoms with Gasteiger partial charge in [0.2, 0.25) is 0 Å². The lowest BCUT2D eigenvalue weighted by molar-refractivity contribution is 1.19. The van der Waals surface area contributed by atoms with Gasteiger partial charge in [-0.1, -0.05) is 6.07 Å². The highest BCUT2D eigenvalue weighted by Gasteiger charge is 2.06. The second-order valence-corrected chi connectivity index (χ2v) is 4.45. The Morgan fingerprint density at radius 1 is 1.24 bits per heavy atom. The third-order valence-corrected chi connectivity index (χ3v) is 3.25. The van der Waals surface area contributed by atoms with E-state index >= 15 is 0 Å². The van der Waals surface area contributed by atoms with Crippen molar-refractivity contribution in [1.82, 2.24) is 9.97 Å². The minimum atomic E-state index is 0.0101. The van der Waals surface area contributed by atoms with E-state index in [-0.39, 0.29) is 5.84 Å². The highest BCUT2D eigenvalue weighted by Crippen LogP contribution is 2.22. The van der Waals surface area contributed by atoms with E-state index in [1.807, 2.05) is 24.3 Å². The maximum absolute atomic E-state index is 7.46. The Morgan fingerprint density at radius 3 is 2.71 bits per heavy atom. The second-order valence-electron chi connectivity index (χ2n) is 3.40. The molecular formula is C12H12N4S. The summed E-state index contributed by atoms with van der Waals surface area (Å²) in [5.41, 5.74) is 7.02. The number of hydrogen-bond acceptors (Lipinski definition) is 4. The summed E-state index contributed by atoms with van der Waals surface area (Å²) in [4.78, 5) is 9.22. The monoisotopic (exact) mass is 244 g/mol. The molecule has 2 heterocycles. The van der Waals surface area contributed by atoms with E-state index in [0.717, 1.165) is 16.2 Å². The van der Waals surface area contributed by atoms with Crippen molar-refractivity contribution in [2.24, 2.45) is 5.73 Å². The SMILES string of the molecule is N=C(N)c1ncccc1CSc1ccncc1. The van der Waals surface area contributed by atoms with Gasteiger partial charge in [0.15, 0.2) is 0 Å². The first-order valence-corrected chi connectivity index (χ1v) is 6.07. The largest absolute Gasteiger partial charge is 0.382 e. The summed E-state index contributed by atoms with van der Waals surface area (Å²) in [5, 5.41) is 7.46. The molecule has 2 aromatic heterocycles. The average molecular weight is 244 g/mol. The van der Waals surface area contributed by atoms with Crippen LogP contribution in [-0.4, -0.2) is 15.8 Å². The minimum absolute atomic E-state index is 0.0101. The first-order valence-electron chi connectivity index (χ1n) is 5.08. The first-order chi connectivity index (χ1) is 8.27. The Balaban J connectivity index is 2.12. The van der Waals surface area contributed by atoms with Crippen LogP contribution in [0.3, 0.4) is 0 Å². The molecule has 0 bridgehead atoms. The molecule has 86 valence electrons. The van der Waals surface area contributed by atoms with E-state index in [9.17, 15) is 0 Å². The molecule has 0 saturated carbocycles. The van der Waals surface area contributed by atoms with Gasteiger partial charge in [-0.3, -0.25) is 15.4 Å². The van der Waals surface area contributed by atoms with Gasteiger partial charge in [-0.2, -0.15) is 0 Å². The highest BCUT2D eigenvalue weighted by molar-refractivity contribution is 7.98. The van der Waals surface area contributed by atoms with Gasteiger partial charge in [0, 0.05) is 29.2 Å². The molecule has 0 amide bonds. The molecular weight excluding hydrogens is 232 g/mol. The zero-order chi connectivity index (χ0) is 12.1. The van der Waals surface area contributed by atoms with Gasteiger partial charge in [0.25, 0.3) is 0 Å². The van der Waals surface area contributed by atoms with Crippen LogP contribution in [0, 0.1) is 5.41 Å². The number of aromatic nitrogens is 2. The lowest BCUT2D eigenvalue weighted by Crippen LogP contribution is -2.15. The topological polar surface area (TPSA) is 75.7 Å². The third-order valence-electron chi connectivity index (χ3n) is 2.19. The summed E-state index contributed by atoms with van der Waals surface area (Å²) >= 11 is 1.67. The number of pyridine rings is 2. The Bertz CT molecular complexity index is 513. The number of amidine groups is 1. The van der Waals surface area contributed by atoms with E-state index in [0.29, 0.717) is 5.69 Å². The van der Waals surface area contributed by atoms with Crippen molar-refractivity contribution < 1.29 is 0 Å². The van der Waals surface area contributed by atoms with Gasteiger partial charge >= 0.3 is 0 Å². The van der Waals surface area contributed by atoms with Gasteiger partial charge < -0.3 is 5.73 Å². The molecule has 0 radical (unpaired) electrons. The summed E-state index contributed by atoms with van der Waals surface area (Å²) in [6.45, 7) is 0. The Kier molecular flexibility index (Phi) is 3.72. The molecule has 3 N–H and O–H groups in total. The molecule has 4 nitrogen and oxygen atoms in total. The Morgan fingerprint density at radius 2 is 2.00 bits per heavy atom. The molecule has 0 spiro atoms. The van der Waals surface area contributed by atoms with Crippen molar-refractivity contribution in [3.63, 3.8) is 0 Å². The number of nitrogens with two attached hydrogens (primary N) is 1. The third kappa shape index (κ3) is 3.04. The van der Waals surface area contributed by atoms with Crippen molar-refractivity contribution in [2.45, 2.75) is 10.6 Å². The van der Waals surface area contributed by atoms with Crippen LogP contribution in [0.25, 0.3) is 0 Å². The van der Waals surface area contributed by atoms with Gasteiger partial charge in [-0.05, 0) is 23.8 Å². The quantitative estimate of drug-likeness (QED) is 0.490. The fourth-order valence-electron chi connectivity index (χ4n) is 1.39. The van der Waals surface area contributed by atoms with E-state index in [1.54, 1.807) is 30.4 Å². The number of nitrogens with zero attached hydrogens (tertiary/aromatic N) is 2. The fourth-order valence-corrected chi connectivity index (χ4v) is 2.26. The van der Waals surface area contributed by atoms with Gasteiger partial charge in [0.1, 0.15) is 11.5 Å². The van der Waals surface area contributed by atoms with Crippen molar-refractivity contribution in [2.75, 3.05) is 0 Å². The van der Waals surface area contributed by atoms with Gasteiger partial charge in [-0.15, -0.1) is 11.8 Å². The van der Waals surface area contributed by atoms with Crippen molar-refractivity contribution in [3.8, 4) is 0 Å². The lowest BCUT2D eigenvalue weighted by atomic mass is 10.2. The molecule has 0 aliphatic rings. The summed E-state index contributed by atoms with van der Waals surface area (Å²) in [6.07, 6.45) is 5.17. The summed E-state index contributed by atoms with van der Waals surface area (Å²) in [7, 11) is 0. The number of nitrogens with one attached hydrogen (secondary N) is 1. The molecule has 0 aliphatic carbocycles. The number of thioether (sulfide) groups is 1. The van der Waals surface area contributed by atoms with Crippen LogP contribution in [0.1, 0.15) is 11.3 Å². The smallest absolute Gasteiger partial charge is 0.142 e. The standard InChI is InChI=1S/C12H12N4S/c13-12(14)11-9(2-1-5-16-11)8-17-10-3-6-15-7-4-10/h1-7H,8H2,(H3,13,14). The Hall–Kier alpha value is -1.88. The number of nitrogen functional groups attached to an aromatic ring is 1. The molecule has 5 heteroatoms.